The third-order valence-electron chi connectivity index (χ3n) is 4.66. The highest BCUT2D eigenvalue weighted by atomic mass is 16.5. The SMILES string of the molecule is CCOc1ccc(N2CC(C(=O)OCC(=O)c3cccc(OC)c3)CC2=O)cc1. The first-order chi connectivity index (χ1) is 14.0. The molecule has 0 aromatic heterocycles. The molecule has 2 aromatic carbocycles. The summed E-state index contributed by atoms with van der Waals surface area (Å²) in [6.07, 6.45) is 0.0550. The first-order valence-electron chi connectivity index (χ1n) is 9.39. The van der Waals surface area contributed by atoms with Gasteiger partial charge in [-0.25, -0.2) is 0 Å². The quantitative estimate of drug-likeness (QED) is 0.503. The van der Waals surface area contributed by atoms with Crippen molar-refractivity contribution in [2.24, 2.45) is 5.92 Å². The van der Waals surface area contributed by atoms with Gasteiger partial charge in [0.2, 0.25) is 5.91 Å². The van der Waals surface area contributed by atoms with Gasteiger partial charge in [-0.1, -0.05) is 12.1 Å². The van der Waals surface area contributed by atoms with Crippen LogP contribution in [0, 0.1) is 5.92 Å². The number of carbonyl (C=O) groups excluding carboxylic acids is 3. The number of anilines is 1. The van der Waals surface area contributed by atoms with Crippen LogP contribution in [0.4, 0.5) is 5.69 Å². The van der Waals surface area contributed by atoms with Crippen LogP contribution in [0.1, 0.15) is 23.7 Å². The smallest absolute Gasteiger partial charge is 0.311 e. The zero-order chi connectivity index (χ0) is 20.8. The van der Waals surface area contributed by atoms with Crippen molar-refractivity contribution in [3.8, 4) is 11.5 Å². The number of amides is 1. The van der Waals surface area contributed by atoms with Gasteiger partial charge in [-0.05, 0) is 43.3 Å². The fourth-order valence-corrected chi connectivity index (χ4v) is 3.14. The van der Waals surface area contributed by atoms with E-state index < -0.39 is 11.9 Å². The van der Waals surface area contributed by atoms with Crippen LogP contribution in [-0.4, -0.2) is 44.5 Å². The van der Waals surface area contributed by atoms with Crippen LogP contribution in [0.3, 0.4) is 0 Å². The molecule has 29 heavy (non-hydrogen) atoms. The maximum atomic E-state index is 12.4. The molecule has 2 aromatic rings. The van der Waals surface area contributed by atoms with Crippen LogP contribution >= 0.6 is 0 Å². The largest absolute Gasteiger partial charge is 0.497 e. The third kappa shape index (κ3) is 4.93. The molecule has 1 fully saturated rings. The number of ether oxygens (including phenoxy) is 3. The monoisotopic (exact) mass is 397 g/mol. The molecule has 0 N–H and O–H groups in total. The third-order valence-corrected chi connectivity index (χ3v) is 4.66. The number of ketones is 1. The predicted octanol–water partition coefficient (Wildman–Crippen LogP) is 2.87. The molecule has 0 bridgehead atoms. The number of hydrogen-bond donors (Lipinski definition) is 0. The number of esters is 1. The van der Waals surface area contributed by atoms with Gasteiger partial charge < -0.3 is 19.1 Å². The van der Waals surface area contributed by atoms with Crippen molar-refractivity contribution < 1.29 is 28.6 Å². The van der Waals surface area contributed by atoms with Gasteiger partial charge in [0, 0.05) is 24.2 Å². The van der Waals surface area contributed by atoms with Crippen LogP contribution in [0.25, 0.3) is 0 Å². The van der Waals surface area contributed by atoms with Gasteiger partial charge in [0.05, 0.1) is 19.6 Å². The van der Waals surface area contributed by atoms with Crippen LogP contribution in [0.15, 0.2) is 48.5 Å². The van der Waals surface area contributed by atoms with E-state index in [0.29, 0.717) is 23.6 Å². The molecule has 1 aliphatic heterocycles. The second-order valence-electron chi connectivity index (χ2n) is 6.60. The Bertz CT molecular complexity index is 892. The van der Waals surface area contributed by atoms with Gasteiger partial charge in [-0.3, -0.25) is 14.4 Å². The van der Waals surface area contributed by atoms with Crippen molar-refractivity contribution in [3.63, 3.8) is 0 Å². The van der Waals surface area contributed by atoms with Crippen LogP contribution in [0.2, 0.25) is 0 Å². The van der Waals surface area contributed by atoms with E-state index in [0.717, 1.165) is 5.75 Å². The van der Waals surface area contributed by atoms with Gasteiger partial charge in [0.15, 0.2) is 12.4 Å². The average molecular weight is 397 g/mol. The number of nitrogens with zero attached hydrogens (tertiary/aromatic N) is 1. The van der Waals surface area contributed by atoms with E-state index in [1.54, 1.807) is 53.4 Å². The molecule has 1 saturated heterocycles. The Labute approximate surface area is 169 Å². The van der Waals surface area contributed by atoms with Gasteiger partial charge in [0.1, 0.15) is 11.5 Å². The molecule has 1 amide bonds. The molecular weight excluding hydrogens is 374 g/mol. The summed E-state index contributed by atoms with van der Waals surface area (Å²) >= 11 is 0. The summed E-state index contributed by atoms with van der Waals surface area (Å²) in [5.41, 5.74) is 1.09. The van der Waals surface area contributed by atoms with Crippen LogP contribution < -0.4 is 14.4 Å². The highest BCUT2D eigenvalue weighted by Crippen LogP contribution is 2.27. The maximum absolute atomic E-state index is 12.4. The molecule has 7 heteroatoms. The Morgan fingerprint density at radius 2 is 1.86 bits per heavy atom. The summed E-state index contributed by atoms with van der Waals surface area (Å²) in [5, 5.41) is 0. The lowest BCUT2D eigenvalue weighted by Crippen LogP contribution is -2.27. The van der Waals surface area contributed by atoms with Crippen molar-refractivity contribution >= 4 is 23.3 Å². The fraction of sp³-hybridized carbons (Fsp3) is 0.318. The van der Waals surface area contributed by atoms with Crippen molar-refractivity contribution in [2.45, 2.75) is 13.3 Å². The highest BCUT2D eigenvalue weighted by molar-refractivity contribution is 6.01. The standard InChI is InChI=1S/C22H23NO6/c1-3-28-18-9-7-17(8-10-18)23-13-16(12-21(23)25)22(26)29-14-20(24)15-5-4-6-19(11-15)27-2/h4-11,16H,3,12-14H2,1-2H3. The highest BCUT2D eigenvalue weighted by Gasteiger charge is 2.36. The minimum absolute atomic E-state index is 0.0550. The zero-order valence-electron chi connectivity index (χ0n) is 16.4. The second-order valence-corrected chi connectivity index (χ2v) is 6.60. The molecule has 152 valence electrons. The summed E-state index contributed by atoms with van der Waals surface area (Å²) < 4.78 is 15.7. The van der Waals surface area contributed by atoms with Crippen molar-refractivity contribution in [3.05, 3.63) is 54.1 Å². The molecular formula is C22H23NO6. The van der Waals surface area contributed by atoms with E-state index in [9.17, 15) is 14.4 Å². The Balaban J connectivity index is 1.56. The molecule has 1 heterocycles. The fourth-order valence-electron chi connectivity index (χ4n) is 3.14. The molecule has 0 radical (unpaired) electrons. The maximum Gasteiger partial charge on any atom is 0.311 e. The predicted molar refractivity (Wildman–Crippen MR) is 106 cm³/mol. The van der Waals surface area contributed by atoms with Crippen molar-refractivity contribution in [1.29, 1.82) is 0 Å². The molecule has 0 aliphatic carbocycles. The van der Waals surface area contributed by atoms with E-state index in [4.69, 9.17) is 14.2 Å². The molecule has 0 saturated carbocycles. The number of Topliss-reactive ketones (excluding diaryl/α,β-unsaturated/α-hetero) is 1. The Kier molecular flexibility index (Phi) is 6.49. The van der Waals surface area contributed by atoms with E-state index in [1.165, 1.54) is 7.11 Å². The van der Waals surface area contributed by atoms with E-state index in [-0.39, 0.29) is 31.3 Å². The van der Waals surface area contributed by atoms with E-state index >= 15 is 0 Å². The van der Waals surface area contributed by atoms with Gasteiger partial charge in [-0.2, -0.15) is 0 Å². The number of rotatable bonds is 8. The second kappa shape index (κ2) is 9.23. The molecule has 1 aliphatic rings. The van der Waals surface area contributed by atoms with Crippen molar-refractivity contribution in [2.75, 3.05) is 31.8 Å². The van der Waals surface area contributed by atoms with Gasteiger partial charge in [-0.15, -0.1) is 0 Å². The summed E-state index contributed by atoms with van der Waals surface area (Å²) in [4.78, 5) is 38.5. The van der Waals surface area contributed by atoms with Crippen molar-refractivity contribution in [1.82, 2.24) is 0 Å². The summed E-state index contributed by atoms with van der Waals surface area (Å²) in [5.74, 6) is -0.375. The molecule has 1 atom stereocenters. The topological polar surface area (TPSA) is 82.1 Å². The van der Waals surface area contributed by atoms with Gasteiger partial charge >= 0.3 is 5.97 Å². The Morgan fingerprint density at radius 1 is 1.10 bits per heavy atom. The number of carbonyl (C=O) groups is 3. The van der Waals surface area contributed by atoms with E-state index in [2.05, 4.69) is 0 Å². The lowest BCUT2D eigenvalue weighted by atomic mass is 10.1. The molecule has 1 unspecified atom stereocenters. The first-order valence-corrected chi connectivity index (χ1v) is 9.39. The minimum atomic E-state index is -0.604. The number of benzene rings is 2. The molecule has 7 nitrogen and oxygen atoms in total. The lowest BCUT2D eigenvalue weighted by Gasteiger charge is -2.17. The van der Waals surface area contributed by atoms with Crippen LogP contribution in [-0.2, 0) is 14.3 Å². The Hall–Kier alpha value is -3.35. The summed E-state index contributed by atoms with van der Waals surface area (Å²) in [6, 6.07) is 13.8. The first kappa shape index (κ1) is 20.4. The number of hydrogen-bond acceptors (Lipinski definition) is 6. The Morgan fingerprint density at radius 3 is 2.55 bits per heavy atom. The average Bonchev–Trinajstić information content (AvgIpc) is 3.14. The summed E-state index contributed by atoms with van der Waals surface area (Å²) in [7, 11) is 1.51. The number of methoxy groups -OCH3 is 1. The van der Waals surface area contributed by atoms with Crippen LogP contribution in [0.5, 0.6) is 11.5 Å². The summed E-state index contributed by atoms with van der Waals surface area (Å²) in [6.45, 7) is 2.30. The normalized spacial score (nSPS) is 15.9. The molecule has 3 rings (SSSR count). The zero-order valence-corrected chi connectivity index (χ0v) is 16.4. The van der Waals surface area contributed by atoms with Gasteiger partial charge in [0.25, 0.3) is 0 Å². The molecule has 0 spiro atoms. The van der Waals surface area contributed by atoms with E-state index in [1.807, 2.05) is 6.92 Å². The lowest BCUT2D eigenvalue weighted by molar-refractivity contribution is -0.147. The minimum Gasteiger partial charge on any atom is -0.497 e.